The molecule has 2 amide bonds. The lowest BCUT2D eigenvalue weighted by Crippen LogP contribution is -2.21. The Labute approximate surface area is 159 Å². The quantitative estimate of drug-likeness (QED) is 0.455. The number of halogens is 3. The number of alkyl halides is 3. The first kappa shape index (κ1) is 20.9. The molecule has 0 radical (unpaired) electrons. The van der Waals surface area contributed by atoms with Crippen molar-refractivity contribution in [3.05, 3.63) is 65.2 Å². The van der Waals surface area contributed by atoms with E-state index in [0.29, 0.717) is 11.3 Å². The smallest absolute Gasteiger partial charge is 0.326 e. The number of nitrogens with one attached hydrogen (secondary N) is 2. The monoisotopic (exact) mass is 390 g/mol. The van der Waals surface area contributed by atoms with Crippen LogP contribution in [0.5, 0.6) is 0 Å². The molecule has 8 heteroatoms. The van der Waals surface area contributed by atoms with Gasteiger partial charge in [0.2, 0.25) is 5.91 Å². The van der Waals surface area contributed by atoms with Crippen molar-refractivity contribution in [1.29, 1.82) is 0 Å². The van der Waals surface area contributed by atoms with E-state index < -0.39 is 29.1 Å². The maximum atomic E-state index is 13.1. The average Bonchev–Trinajstić information content (AvgIpc) is 2.59. The van der Waals surface area contributed by atoms with Crippen molar-refractivity contribution in [2.45, 2.75) is 20.0 Å². The Balaban J connectivity index is 2.29. The lowest BCUT2D eigenvalue weighted by Gasteiger charge is -2.14. The largest absolute Gasteiger partial charge is 0.418 e. The third-order valence-electron chi connectivity index (χ3n) is 3.65. The Morgan fingerprint density at radius 1 is 0.893 bits per heavy atom. The fourth-order valence-corrected chi connectivity index (χ4v) is 2.39. The third-order valence-corrected chi connectivity index (χ3v) is 3.65. The summed E-state index contributed by atoms with van der Waals surface area (Å²) in [6.45, 7) is 2.50. The van der Waals surface area contributed by atoms with Gasteiger partial charge in [-0.05, 0) is 42.8 Å². The van der Waals surface area contributed by atoms with E-state index in [-0.39, 0.29) is 11.5 Å². The molecule has 2 rings (SSSR count). The summed E-state index contributed by atoms with van der Waals surface area (Å²) in [6.07, 6.45) is -3.38. The first-order valence-electron chi connectivity index (χ1n) is 8.16. The van der Waals surface area contributed by atoms with Gasteiger partial charge in [0, 0.05) is 12.6 Å². The number of rotatable bonds is 5. The van der Waals surface area contributed by atoms with Crippen molar-refractivity contribution < 1.29 is 27.6 Å². The summed E-state index contributed by atoms with van der Waals surface area (Å²) in [5.41, 5.74) is -0.750. The summed E-state index contributed by atoms with van der Waals surface area (Å²) in [7, 11) is 0. The van der Waals surface area contributed by atoms with Gasteiger partial charge in [0.25, 0.3) is 5.91 Å². The molecular formula is C20H17F3N2O3. The van der Waals surface area contributed by atoms with E-state index in [0.717, 1.165) is 19.1 Å². The van der Waals surface area contributed by atoms with Crippen LogP contribution in [0.1, 0.15) is 25.0 Å². The highest BCUT2D eigenvalue weighted by Crippen LogP contribution is 2.34. The number of para-hydroxylation sites is 1. The van der Waals surface area contributed by atoms with Crippen LogP contribution < -0.4 is 10.6 Å². The first-order chi connectivity index (χ1) is 13.1. The fraction of sp³-hybridized carbons (Fsp3) is 0.150. The highest BCUT2D eigenvalue weighted by atomic mass is 19.4. The maximum absolute atomic E-state index is 13.1. The summed E-state index contributed by atoms with van der Waals surface area (Å²) in [4.78, 5) is 35.3. The zero-order valence-corrected chi connectivity index (χ0v) is 15.1. The molecule has 5 nitrogen and oxygen atoms in total. The van der Waals surface area contributed by atoms with Crippen LogP contribution in [0, 0.1) is 0 Å². The molecule has 2 aromatic rings. The predicted molar refractivity (Wildman–Crippen MR) is 99.5 cm³/mol. The van der Waals surface area contributed by atoms with E-state index in [4.69, 9.17) is 0 Å². The second-order valence-corrected chi connectivity index (χ2v) is 5.91. The van der Waals surface area contributed by atoms with Gasteiger partial charge in [-0.2, -0.15) is 13.2 Å². The van der Waals surface area contributed by atoms with E-state index in [2.05, 4.69) is 10.6 Å². The van der Waals surface area contributed by atoms with Gasteiger partial charge in [-0.15, -0.1) is 0 Å². The topological polar surface area (TPSA) is 75.3 Å². The van der Waals surface area contributed by atoms with Crippen LogP contribution in [0.2, 0.25) is 0 Å². The number of carbonyl (C=O) groups excluding carboxylic acids is 3. The number of hydrogen-bond acceptors (Lipinski definition) is 3. The van der Waals surface area contributed by atoms with Gasteiger partial charge in [0.1, 0.15) is 0 Å². The minimum absolute atomic E-state index is 0.254. The van der Waals surface area contributed by atoms with Crippen LogP contribution >= 0.6 is 0 Å². The molecule has 0 atom stereocenters. The van der Waals surface area contributed by atoms with Crippen molar-refractivity contribution in [3.63, 3.8) is 0 Å². The number of hydrogen-bond donors (Lipinski definition) is 2. The highest BCUT2D eigenvalue weighted by molar-refractivity contribution is 6.25. The molecule has 0 saturated carbocycles. The number of anilines is 2. The molecule has 28 heavy (non-hydrogen) atoms. The minimum atomic E-state index is -4.65. The van der Waals surface area contributed by atoms with Crippen molar-refractivity contribution in [2.75, 3.05) is 10.6 Å². The van der Waals surface area contributed by atoms with Crippen molar-refractivity contribution in [2.24, 2.45) is 0 Å². The molecule has 0 saturated heterocycles. The van der Waals surface area contributed by atoms with Gasteiger partial charge in [0.15, 0.2) is 5.78 Å². The number of carbonyl (C=O) groups is 3. The fourth-order valence-electron chi connectivity index (χ4n) is 2.39. The minimum Gasteiger partial charge on any atom is -0.326 e. The second kappa shape index (κ2) is 8.51. The molecule has 0 aliphatic carbocycles. The highest BCUT2D eigenvalue weighted by Gasteiger charge is 2.33. The molecule has 0 aliphatic rings. The zero-order valence-electron chi connectivity index (χ0n) is 15.1. The molecule has 0 heterocycles. The van der Waals surface area contributed by atoms with Crippen LogP contribution in [0.3, 0.4) is 0 Å². The van der Waals surface area contributed by atoms with Crippen LogP contribution in [-0.2, 0) is 20.6 Å². The van der Waals surface area contributed by atoms with Crippen LogP contribution in [-0.4, -0.2) is 17.6 Å². The molecule has 0 unspecified atom stereocenters. The maximum Gasteiger partial charge on any atom is 0.418 e. The van der Waals surface area contributed by atoms with Crippen LogP contribution in [0.25, 0.3) is 6.08 Å². The van der Waals surface area contributed by atoms with Gasteiger partial charge in [0.05, 0.1) is 16.8 Å². The normalized spacial score (nSPS) is 11.7. The lowest BCUT2D eigenvalue weighted by molar-refractivity contribution is -0.137. The molecular weight excluding hydrogens is 373 g/mol. The predicted octanol–water partition coefficient (Wildman–Crippen LogP) is 4.27. The molecule has 2 N–H and O–H groups in total. The second-order valence-electron chi connectivity index (χ2n) is 5.91. The molecule has 0 spiro atoms. The Hall–Kier alpha value is -3.42. The van der Waals surface area contributed by atoms with Crippen molar-refractivity contribution >= 4 is 35.0 Å². The Bertz CT molecular complexity index is 932. The van der Waals surface area contributed by atoms with Gasteiger partial charge in [-0.3, -0.25) is 14.4 Å². The number of ketones is 1. The third kappa shape index (κ3) is 5.54. The number of benzene rings is 2. The van der Waals surface area contributed by atoms with Crippen LogP contribution in [0.4, 0.5) is 24.5 Å². The van der Waals surface area contributed by atoms with Crippen molar-refractivity contribution in [3.8, 4) is 0 Å². The van der Waals surface area contributed by atoms with E-state index in [1.54, 1.807) is 24.3 Å². The molecule has 0 bridgehead atoms. The van der Waals surface area contributed by atoms with E-state index in [9.17, 15) is 27.6 Å². The molecule has 0 fully saturated rings. The van der Waals surface area contributed by atoms with Gasteiger partial charge in [-0.25, -0.2) is 0 Å². The summed E-state index contributed by atoms with van der Waals surface area (Å²) in [6, 6.07) is 10.8. The molecule has 0 aromatic heterocycles. The summed E-state index contributed by atoms with van der Waals surface area (Å²) >= 11 is 0. The Morgan fingerprint density at radius 3 is 2.04 bits per heavy atom. The summed E-state index contributed by atoms with van der Waals surface area (Å²) in [5.74, 6) is -1.81. The van der Waals surface area contributed by atoms with E-state index >= 15 is 0 Å². The lowest BCUT2D eigenvalue weighted by atomic mass is 10.1. The Kier molecular flexibility index (Phi) is 6.35. The van der Waals surface area contributed by atoms with Crippen molar-refractivity contribution in [1.82, 2.24) is 0 Å². The summed E-state index contributed by atoms with van der Waals surface area (Å²) in [5, 5.41) is 4.72. The molecule has 2 aromatic carbocycles. The SMILES string of the molecule is CC(=O)Nc1ccc(/C=C(\C(C)=O)C(=O)Nc2ccccc2C(F)(F)F)cc1. The zero-order chi connectivity index (χ0) is 20.9. The molecule has 0 aliphatic heterocycles. The van der Waals surface area contributed by atoms with Crippen LogP contribution in [0.15, 0.2) is 54.1 Å². The Morgan fingerprint density at radius 2 is 1.50 bits per heavy atom. The number of Topliss-reactive ketones (excluding diaryl/α,β-unsaturated/α-hetero) is 1. The van der Waals surface area contributed by atoms with Gasteiger partial charge >= 0.3 is 6.18 Å². The number of amides is 2. The van der Waals surface area contributed by atoms with E-state index in [1.807, 2.05) is 0 Å². The first-order valence-corrected chi connectivity index (χ1v) is 8.16. The van der Waals surface area contributed by atoms with Gasteiger partial charge in [-0.1, -0.05) is 24.3 Å². The average molecular weight is 390 g/mol. The molecule has 146 valence electrons. The van der Waals surface area contributed by atoms with Gasteiger partial charge < -0.3 is 10.6 Å². The van der Waals surface area contributed by atoms with E-state index in [1.165, 1.54) is 25.1 Å². The summed E-state index contributed by atoms with van der Waals surface area (Å²) < 4.78 is 39.2. The standard InChI is InChI=1S/C20H17F3N2O3/c1-12(26)16(11-14-7-9-15(10-8-14)24-13(2)27)19(28)25-18-6-4-3-5-17(18)20(21,22)23/h3-11H,1-2H3,(H,24,27)(H,25,28)/b16-11+.